The molecule has 0 amide bonds. The largest absolute Gasteiger partial charge is 0.494 e. The number of aromatic nitrogens is 2. The monoisotopic (exact) mass is 244 g/mol. The molecule has 2 rings (SSSR count). The lowest BCUT2D eigenvalue weighted by molar-refractivity contribution is 0.339. The number of rotatable bonds is 5. The van der Waals surface area contributed by atoms with Crippen LogP contribution in [0.25, 0.3) is 0 Å². The fraction of sp³-hybridized carbons (Fsp3) is 0.231. The molecule has 0 aliphatic rings. The predicted molar refractivity (Wildman–Crippen MR) is 68.8 cm³/mol. The van der Waals surface area contributed by atoms with Crippen LogP contribution in [0.15, 0.2) is 42.7 Å². The maximum Gasteiger partial charge on any atom is 0.119 e. The first-order valence-corrected chi connectivity index (χ1v) is 5.80. The van der Waals surface area contributed by atoms with Crippen LogP contribution in [0.1, 0.15) is 24.1 Å². The minimum absolute atomic E-state index is 0.124. The van der Waals surface area contributed by atoms with Gasteiger partial charge in [0.1, 0.15) is 5.75 Å². The third kappa shape index (κ3) is 2.82. The summed E-state index contributed by atoms with van der Waals surface area (Å²) >= 11 is 0. The molecule has 0 saturated heterocycles. The van der Waals surface area contributed by atoms with Crippen molar-refractivity contribution in [3.05, 3.63) is 53.9 Å². The molecule has 2 aromatic rings. The SMILES string of the molecule is CCOc1cccc(C(NN)c2ccnnc2)c1. The van der Waals surface area contributed by atoms with E-state index in [9.17, 15) is 0 Å². The van der Waals surface area contributed by atoms with Crippen LogP contribution in [0, 0.1) is 0 Å². The van der Waals surface area contributed by atoms with Crippen molar-refractivity contribution in [1.29, 1.82) is 0 Å². The van der Waals surface area contributed by atoms with Crippen LogP contribution in [0.4, 0.5) is 0 Å². The lowest BCUT2D eigenvalue weighted by Crippen LogP contribution is -2.29. The molecule has 1 heterocycles. The van der Waals surface area contributed by atoms with Gasteiger partial charge in [0.2, 0.25) is 0 Å². The number of nitrogens with zero attached hydrogens (tertiary/aromatic N) is 2. The summed E-state index contributed by atoms with van der Waals surface area (Å²) in [6.07, 6.45) is 3.34. The number of nitrogens with one attached hydrogen (secondary N) is 1. The lowest BCUT2D eigenvalue weighted by atomic mass is 10.0. The first-order valence-electron chi connectivity index (χ1n) is 5.80. The summed E-state index contributed by atoms with van der Waals surface area (Å²) in [6.45, 7) is 2.60. The maximum atomic E-state index is 5.62. The van der Waals surface area contributed by atoms with Gasteiger partial charge in [-0.3, -0.25) is 5.84 Å². The van der Waals surface area contributed by atoms with Crippen LogP contribution in [0.5, 0.6) is 5.75 Å². The van der Waals surface area contributed by atoms with Gasteiger partial charge in [0, 0.05) is 6.20 Å². The van der Waals surface area contributed by atoms with Crippen LogP contribution in [-0.4, -0.2) is 16.8 Å². The van der Waals surface area contributed by atoms with E-state index >= 15 is 0 Å². The van der Waals surface area contributed by atoms with E-state index < -0.39 is 0 Å². The third-order valence-electron chi connectivity index (χ3n) is 2.61. The van der Waals surface area contributed by atoms with Crippen LogP contribution < -0.4 is 16.0 Å². The van der Waals surface area contributed by atoms with E-state index in [2.05, 4.69) is 15.6 Å². The van der Waals surface area contributed by atoms with Crippen molar-refractivity contribution in [2.45, 2.75) is 13.0 Å². The molecular weight excluding hydrogens is 228 g/mol. The molecule has 0 aliphatic carbocycles. The first-order chi connectivity index (χ1) is 8.85. The zero-order valence-corrected chi connectivity index (χ0v) is 10.2. The zero-order chi connectivity index (χ0) is 12.8. The average Bonchev–Trinajstić information content (AvgIpc) is 2.42. The molecule has 0 bridgehead atoms. The summed E-state index contributed by atoms with van der Waals surface area (Å²) < 4.78 is 5.48. The van der Waals surface area contributed by atoms with E-state index in [1.54, 1.807) is 12.4 Å². The van der Waals surface area contributed by atoms with E-state index in [0.29, 0.717) is 6.61 Å². The Kier molecular flexibility index (Phi) is 4.22. The highest BCUT2D eigenvalue weighted by Gasteiger charge is 2.13. The number of hydrogen-bond donors (Lipinski definition) is 2. The molecule has 3 N–H and O–H groups in total. The Hall–Kier alpha value is -1.98. The van der Waals surface area contributed by atoms with E-state index in [-0.39, 0.29) is 6.04 Å². The summed E-state index contributed by atoms with van der Waals surface area (Å²) in [5, 5.41) is 7.62. The van der Waals surface area contributed by atoms with Gasteiger partial charge in [0.25, 0.3) is 0 Å². The minimum atomic E-state index is -0.124. The Bertz CT molecular complexity index is 489. The summed E-state index contributed by atoms with van der Waals surface area (Å²) in [6, 6.07) is 9.58. The van der Waals surface area contributed by atoms with Crippen LogP contribution in [0.2, 0.25) is 0 Å². The van der Waals surface area contributed by atoms with Crippen LogP contribution in [0.3, 0.4) is 0 Å². The Morgan fingerprint density at radius 1 is 1.28 bits per heavy atom. The van der Waals surface area contributed by atoms with Gasteiger partial charge in [0.15, 0.2) is 0 Å². The molecule has 0 radical (unpaired) electrons. The Labute approximate surface area is 106 Å². The highest BCUT2D eigenvalue weighted by molar-refractivity contribution is 5.35. The van der Waals surface area contributed by atoms with Gasteiger partial charge in [-0.15, -0.1) is 0 Å². The van der Waals surface area contributed by atoms with E-state index in [4.69, 9.17) is 10.6 Å². The third-order valence-corrected chi connectivity index (χ3v) is 2.61. The number of hydrogen-bond acceptors (Lipinski definition) is 5. The number of hydrazine groups is 1. The summed E-state index contributed by atoms with van der Waals surface area (Å²) in [7, 11) is 0. The van der Waals surface area contributed by atoms with Crippen LogP contribution >= 0.6 is 0 Å². The fourth-order valence-electron chi connectivity index (χ4n) is 1.81. The molecular formula is C13H16N4O. The van der Waals surface area contributed by atoms with Gasteiger partial charge in [-0.2, -0.15) is 10.2 Å². The van der Waals surface area contributed by atoms with Crippen molar-refractivity contribution in [2.24, 2.45) is 5.84 Å². The van der Waals surface area contributed by atoms with E-state index in [1.165, 1.54) is 0 Å². The summed E-state index contributed by atoms with van der Waals surface area (Å²) in [5.41, 5.74) is 4.76. The minimum Gasteiger partial charge on any atom is -0.494 e. The van der Waals surface area contributed by atoms with Gasteiger partial charge in [-0.05, 0) is 36.2 Å². The molecule has 5 nitrogen and oxygen atoms in total. The Balaban J connectivity index is 2.30. The predicted octanol–water partition coefficient (Wildman–Crippen LogP) is 1.43. The van der Waals surface area contributed by atoms with Crippen molar-refractivity contribution in [2.75, 3.05) is 6.61 Å². The molecule has 1 aromatic heterocycles. The van der Waals surface area contributed by atoms with Gasteiger partial charge >= 0.3 is 0 Å². The highest BCUT2D eigenvalue weighted by Crippen LogP contribution is 2.23. The van der Waals surface area contributed by atoms with Crippen LogP contribution in [-0.2, 0) is 0 Å². The molecule has 5 heteroatoms. The Morgan fingerprint density at radius 3 is 2.83 bits per heavy atom. The highest BCUT2D eigenvalue weighted by atomic mass is 16.5. The molecule has 0 spiro atoms. The zero-order valence-electron chi connectivity index (χ0n) is 10.2. The molecule has 94 valence electrons. The standard InChI is InChI=1S/C13H16N4O/c1-2-18-12-5-3-4-10(8-12)13(17-14)11-6-7-15-16-9-11/h3-9,13,17H,2,14H2,1H3. The van der Waals surface area contributed by atoms with Crippen molar-refractivity contribution < 1.29 is 4.74 Å². The van der Waals surface area contributed by atoms with Crippen molar-refractivity contribution in [3.63, 3.8) is 0 Å². The summed E-state index contributed by atoms with van der Waals surface area (Å²) in [5.74, 6) is 6.45. The van der Waals surface area contributed by atoms with Gasteiger partial charge < -0.3 is 4.74 Å². The number of ether oxygens (including phenoxy) is 1. The fourth-order valence-corrected chi connectivity index (χ4v) is 1.81. The first kappa shape index (κ1) is 12.5. The van der Waals surface area contributed by atoms with Crippen molar-refractivity contribution in [1.82, 2.24) is 15.6 Å². The lowest BCUT2D eigenvalue weighted by Gasteiger charge is -2.17. The molecule has 0 fully saturated rings. The molecule has 18 heavy (non-hydrogen) atoms. The normalized spacial score (nSPS) is 12.1. The van der Waals surface area contributed by atoms with Gasteiger partial charge in [-0.25, -0.2) is 5.43 Å². The average molecular weight is 244 g/mol. The quantitative estimate of drug-likeness (QED) is 0.615. The molecule has 1 unspecified atom stereocenters. The molecule has 1 atom stereocenters. The van der Waals surface area contributed by atoms with Crippen molar-refractivity contribution >= 4 is 0 Å². The second kappa shape index (κ2) is 6.09. The molecule has 0 aliphatic heterocycles. The van der Waals surface area contributed by atoms with Gasteiger partial charge in [0.05, 0.1) is 18.8 Å². The number of benzene rings is 1. The topological polar surface area (TPSA) is 73.1 Å². The Morgan fingerprint density at radius 2 is 2.17 bits per heavy atom. The maximum absolute atomic E-state index is 5.62. The number of nitrogens with two attached hydrogens (primary N) is 1. The molecule has 0 saturated carbocycles. The van der Waals surface area contributed by atoms with E-state index in [0.717, 1.165) is 16.9 Å². The van der Waals surface area contributed by atoms with Crippen molar-refractivity contribution in [3.8, 4) is 5.75 Å². The smallest absolute Gasteiger partial charge is 0.119 e. The van der Waals surface area contributed by atoms with E-state index in [1.807, 2.05) is 37.3 Å². The second-order valence-corrected chi connectivity index (χ2v) is 3.78. The molecule has 1 aromatic carbocycles. The second-order valence-electron chi connectivity index (χ2n) is 3.78. The van der Waals surface area contributed by atoms with Gasteiger partial charge in [-0.1, -0.05) is 12.1 Å². The summed E-state index contributed by atoms with van der Waals surface area (Å²) in [4.78, 5) is 0.